The van der Waals surface area contributed by atoms with E-state index in [1.807, 2.05) is 0 Å². The summed E-state index contributed by atoms with van der Waals surface area (Å²) in [4.78, 5) is 23.1. The van der Waals surface area contributed by atoms with Gasteiger partial charge in [-0.3, -0.25) is 9.59 Å². The van der Waals surface area contributed by atoms with Gasteiger partial charge in [0.2, 0.25) is 11.8 Å². The molecule has 1 aromatic rings. The number of unbranched alkanes of at least 4 members (excludes halogenated alkanes) is 2. The molecule has 2 rings (SSSR count). The number of carbonyl (C=O) groups excluding carboxylic acids is 2. The van der Waals surface area contributed by atoms with Gasteiger partial charge in [0, 0.05) is 19.9 Å². The van der Waals surface area contributed by atoms with Crippen LogP contribution in [0.15, 0.2) is 24.3 Å². The summed E-state index contributed by atoms with van der Waals surface area (Å²) in [6.07, 6.45) is 7.72. The van der Waals surface area contributed by atoms with Crippen molar-refractivity contribution in [2.45, 2.75) is 64.3 Å². The minimum atomic E-state index is -0.251. The van der Waals surface area contributed by atoms with E-state index in [9.17, 15) is 14.0 Å². The zero-order chi connectivity index (χ0) is 18.1. The summed E-state index contributed by atoms with van der Waals surface area (Å²) in [7, 11) is 0. The zero-order valence-corrected chi connectivity index (χ0v) is 15.0. The molecule has 0 saturated heterocycles. The fourth-order valence-electron chi connectivity index (χ4n) is 3.53. The topological polar surface area (TPSA) is 58.2 Å². The molecule has 25 heavy (non-hydrogen) atoms. The molecule has 2 N–H and O–H groups in total. The summed E-state index contributed by atoms with van der Waals surface area (Å²) in [5, 5.41) is 5.93. The number of benzene rings is 1. The summed E-state index contributed by atoms with van der Waals surface area (Å²) in [5.74, 6) is 0.228. The first-order valence-corrected chi connectivity index (χ1v) is 9.35. The molecule has 0 unspecified atom stereocenters. The molecule has 4 nitrogen and oxygen atoms in total. The standard InChI is InChI=1S/C20H29FN2O2/c1-15(24)22-14-6-2-3-9-19(25)23-20(16-7-4-5-8-16)17-10-12-18(21)13-11-17/h10-13,16,20H,2-9,14H2,1H3,(H,22,24)(H,23,25)/t20-/m0/s1. The number of carbonyl (C=O) groups is 2. The number of rotatable bonds is 9. The molecular weight excluding hydrogens is 319 g/mol. The number of nitrogens with one attached hydrogen (secondary N) is 2. The highest BCUT2D eigenvalue weighted by Crippen LogP contribution is 2.35. The summed E-state index contributed by atoms with van der Waals surface area (Å²) in [6.45, 7) is 2.17. The van der Waals surface area contributed by atoms with Crippen LogP contribution in [-0.2, 0) is 9.59 Å². The van der Waals surface area contributed by atoms with E-state index in [0.29, 0.717) is 18.9 Å². The van der Waals surface area contributed by atoms with Gasteiger partial charge in [-0.15, -0.1) is 0 Å². The van der Waals surface area contributed by atoms with Crippen LogP contribution in [0, 0.1) is 11.7 Å². The maximum Gasteiger partial charge on any atom is 0.220 e. The van der Waals surface area contributed by atoms with Gasteiger partial charge in [-0.05, 0) is 49.3 Å². The highest BCUT2D eigenvalue weighted by Gasteiger charge is 2.27. The van der Waals surface area contributed by atoms with Crippen LogP contribution in [0.25, 0.3) is 0 Å². The van der Waals surface area contributed by atoms with Crippen LogP contribution in [0.1, 0.15) is 69.9 Å². The first kappa shape index (κ1) is 19.4. The molecule has 1 fully saturated rings. The highest BCUT2D eigenvalue weighted by molar-refractivity contribution is 5.76. The molecule has 1 saturated carbocycles. The third kappa shape index (κ3) is 6.85. The quantitative estimate of drug-likeness (QED) is 0.666. The van der Waals surface area contributed by atoms with E-state index in [2.05, 4.69) is 10.6 Å². The Hall–Kier alpha value is -1.91. The first-order chi connectivity index (χ1) is 12.1. The normalized spacial score (nSPS) is 15.8. The van der Waals surface area contributed by atoms with Gasteiger partial charge in [-0.1, -0.05) is 31.4 Å². The van der Waals surface area contributed by atoms with Crippen molar-refractivity contribution in [3.63, 3.8) is 0 Å². The molecule has 1 aromatic carbocycles. The maximum atomic E-state index is 13.2. The van der Waals surface area contributed by atoms with Crippen LogP contribution in [0.3, 0.4) is 0 Å². The Morgan fingerprint density at radius 2 is 1.80 bits per heavy atom. The largest absolute Gasteiger partial charge is 0.356 e. The Balaban J connectivity index is 1.81. The van der Waals surface area contributed by atoms with E-state index in [0.717, 1.165) is 37.7 Å². The number of amides is 2. The van der Waals surface area contributed by atoms with Crippen molar-refractivity contribution >= 4 is 11.8 Å². The molecular formula is C20H29FN2O2. The Labute approximate surface area is 149 Å². The smallest absolute Gasteiger partial charge is 0.220 e. The lowest BCUT2D eigenvalue weighted by Gasteiger charge is -2.25. The Morgan fingerprint density at radius 1 is 1.12 bits per heavy atom. The van der Waals surface area contributed by atoms with Gasteiger partial charge in [0.05, 0.1) is 6.04 Å². The molecule has 1 atom stereocenters. The minimum Gasteiger partial charge on any atom is -0.356 e. The van der Waals surface area contributed by atoms with Crippen LogP contribution in [-0.4, -0.2) is 18.4 Å². The van der Waals surface area contributed by atoms with Crippen LogP contribution in [0.2, 0.25) is 0 Å². The van der Waals surface area contributed by atoms with Gasteiger partial charge >= 0.3 is 0 Å². The second-order valence-electron chi connectivity index (χ2n) is 6.93. The second kappa shape index (κ2) is 10.2. The number of halogens is 1. The van der Waals surface area contributed by atoms with Gasteiger partial charge in [-0.2, -0.15) is 0 Å². The van der Waals surface area contributed by atoms with Crippen molar-refractivity contribution < 1.29 is 14.0 Å². The van der Waals surface area contributed by atoms with E-state index in [4.69, 9.17) is 0 Å². The SMILES string of the molecule is CC(=O)NCCCCCC(=O)N[C@H](c1ccc(F)cc1)C1CCCC1. The fourth-order valence-corrected chi connectivity index (χ4v) is 3.53. The molecule has 0 aliphatic heterocycles. The molecule has 0 heterocycles. The lowest BCUT2D eigenvalue weighted by atomic mass is 9.91. The van der Waals surface area contributed by atoms with E-state index in [-0.39, 0.29) is 23.7 Å². The Bertz CT molecular complexity index is 553. The average Bonchev–Trinajstić information content (AvgIpc) is 3.11. The summed E-state index contributed by atoms with van der Waals surface area (Å²) >= 11 is 0. The van der Waals surface area contributed by atoms with Crippen LogP contribution >= 0.6 is 0 Å². The summed E-state index contributed by atoms with van der Waals surface area (Å²) in [6, 6.07) is 6.48. The van der Waals surface area contributed by atoms with E-state index < -0.39 is 0 Å². The summed E-state index contributed by atoms with van der Waals surface area (Å²) < 4.78 is 13.2. The Kier molecular flexibility index (Phi) is 7.89. The molecule has 0 radical (unpaired) electrons. The third-order valence-corrected chi connectivity index (χ3v) is 4.87. The molecule has 2 amide bonds. The van der Waals surface area contributed by atoms with Crippen molar-refractivity contribution in [2.75, 3.05) is 6.54 Å². The first-order valence-electron chi connectivity index (χ1n) is 9.35. The maximum absolute atomic E-state index is 13.2. The van der Waals surface area contributed by atoms with Crippen molar-refractivity contribution in [3.05, 3.63) is 35.6 Å². The van der Waals surface area contributed by atoms with E-state index >= 15 is 0 Å². The minimum absolute atomic E-state index is 0.0172. The molecule has 0 spiro atoms. The van der Waals surface area contributed by atoms with Crippen LogP contribution in [0.4, 0.5) is 4.39 Å². The van der Waals surface area contributed by atoms with Gasteiger partial charge in [0.15, 0.2) is 0 Å². The molecule has 138 valence electrons. The van der Waals surface area contributed by atoms with Gasteiger partial charge in [0.25, 0.3) is 0 Å². The number of hydrogen-bond acceptors (Lipinski definition) is 2. The number of hydrogen-bond donors (Lipinski definition) is 2. The van der Waals surface area contributed by atoms with E-state index in [1.54, 1.807) is 12.1 Å². The molecule has 1 aliphatic carbocycles. The van der Waals surface area contributed by atoms with Gasteiger partial charge in [0.1, 0.15) is 5.82 Å². The monoisotopic (exact) mass is 348 g/mol. The molecule has 0 bridgehead atoms. The second-order valence-corrected chi connectivity index (χ2v) is 6.93. The Morgan fingerprint density at radius 3 is 2.44 bits per heavy atom. The van der Waals surface area contributed by atoms with Crippen molar-refractivity contribution in [1.82, 2.24) is 10.6 Å². The van der Waals surface area contributed by atoms with Gasteiger partial charge < -0.3 is 10.6 Å². The fraction of sp³-hybridized carbons (Fsp3) is 0.600. The lowest BCUT2D eigenvalue weighted by molar-refractivity contribution is -0.122. The molecule has 0 aromatic heterocycles. The van der Waals surface area contributed by atoms with Crippen LogP contribution in [0.5, 0.6) is 0 Å². The predicted molar refractivity (Wildman–Crippen MR) is 96.4 cm³/mol. The third-order valence-electron chi connectivity index (χ3n) is 4.87. The average molecular weight is 348 g/mol. The summed E-state index contributed by atoms with van der Waals surface area (Å²) in [5.41, 5.74) is 0.993. The van der Waals surface area contributed by atoms with Crippen molar-refractivity contribution in [2.24, 2.45) is 5.92 Å². The van der Waals surface area contributed by atoms with Gasteiger partial charge in [-0.25, -0.2) is 4.39 Å². The van der Waals surface area contributed by atoms with Crippen molar-refractivity contribution in [1.29, 1.82) is 0 Å². The predicted octanol–water partition coefficient (Wildman–Crippen LogP) is 3.87. The van der Waals surface area contributed by atoms with Crippen molar-refractivity contribution in [3.8, 4) is 0 Å². The highest BCUT2D eigenvalue weighted by atomic mass is 19.1. The van der Waals surface area contributed by atoms with E-state index in [1.165, 1.54) is 31.9 Å². The molecule has 1 aliphatic rings. The lowest BCUT2D eigenvalue weighted by Crippen LogP contribution is -2.32. The molecule has 5 heteroatoms. The zero-order valence-electron chi connectivity index (χ0n) is 15.0. The van der Waals surface area contributed by atoms with Crippen LogP contribution < -0.4 is 10.6 Å².